The van der Waals surface area contributed by atoms with Gasteiger partial charge in [0.1, 0.15) is 12.4 Å². The second-order valence-electron chi connectivity index (χ2n) is 4.46. The standard InChI is InChI=1S/C15H18N2O2/c1-10-7-11(2)15(13(16)8-10)19-9-12-5-4-6-14(17-12)18-3/h4-8H,9,16H2,1-3H3. The highest BCUT2D eigenvalue weighted by atomic mass is 16.5. The van der Waals surface area contributed by atoms with E-state index in [1.54, 1.807) is 13.2 Å². The Bertz CT molecular complexity index is 559. The van der Waals surface area contributed by atoms with Gasteiger partial charge in [0.25, 0.3) is 0 Å². The van der Waals surface area contributed by atoms with Crippen molar-refractivity contribution in [3.05, 3.63) is 47.2 Å². The highest BCUT2D eigenvalue weighted by Gasteiger charge is 2.07. The molecule has 0 aliphatic heterocycles. The smallest absolute Gasteiger partial charge is 0.213 e. The van der Waals surface area contributed by atoms with Gasteiger partial charge in [-0.2, -0.15) is 0 Å². The first-order valence-corrected chi connectivity index (χ1v) is 6.09. The Morgan fingerprint density at radius 3 is 2.68 bits per heavy atom. The number of aryl methyl sites for hydroxylation is 2. The van der Waals surface area contributed by atoms with Crippen molar-refractivity contribution in [3.8, 4) is 11.6 Å². The lowest BCUT2D eigenvalue weighted by Gasteiger charge is -2.12. The summed E-state index contributed by atoms with van der Waals surface area (Å²) in [5.41, 5.74) is 9.58. The Morgan fingerprint density at radius 1 is 1.21 bits per heavy atom. The average Bonchev–Trinajstić information content (AvgIpc) is 2.37. The van der Waals surface area contributed by atoms with Gasteiger partial charge in [0.05, 0.1) is 18.5 Å². The molecule has 1 aromatic heterocycles. The zero-order valence-electron chi connectivity index (χ0n) is 11.4. The first kappa shape index (κ1) is 13.2. The molecule has 0 spiro atoms. The lowest BCUT2D eigenvalue weighted by molar-refractivity contribution is 0.297. The van der Waals surface area contributed by atoms with Gasteiger partial charge in [0, 0.05) is 6.07 Å². The number of methoxy groups -OCH3 is 1. The zero-order valence-corrected chi connectivity index (χ0v) is 11.4. The number of nitrogen functional groups attached to an aromatic ring is 1. The Kier molecular flexibility index (Phi) is 3.90. The maximum atomic E-state index is 5.97. The molecule has 0 aliphatic carbocycles. The van der Waals surface area contributed by atoms with Gasteiger partial charge in [-0.15, -0.1) is 0 Å². The van der Waals surface area contributed by atoms with Crippen molar-refractivity contribution in [1.29, 1.82) is 0 Å². The molecule has 0 fully saturated rings. The summed E-state index contributed by atoms with van der Waals surface area (Å²) in [7, 11) is 1.59. The van der Waals surface area contributed by atoms with Crippen molar-refractivity contribution in [2.45, 2.75) is 20.5 Å². The van der Waals surface area contributed by atoms with E-state index in [9.17, 15) is 0 Å². The van der Waals surface area contributed by atoms with Gasteiger partial charge in [0.2, 0.25) is 5.88 Å². The van der Waals surface area contributed by atoms with Crippen LogP contribution in [0, 0.1) is 13.8 Å². The van der Waals surface area contributed by atoms with Crippen LogP contribution in [0.2, 0.25) is 0 Å². The summed E-state index contributed by atoms with van der Waals surface area (Å²) >= 11 is 0. The molecule has 1 heterocycles. The van der Waals surface area contributed by atoms with E-state index in [2.05, 4.69) is 4.98 Å². The van der Waals surface area contributed by atoms with Gasteiger partial charge in [-0.05, 0) is 37.1 Å². The van der Waals surface area contributed by atoms with Crippen LogP contribution in [-0.4, -0.2) is 12.1 Å². The summed E-state index contributed by atoms with van der Waals surface area (Å²) in [6, 6.07) is 9.53. The van der Waals surface area contributed by atoms with Crippen molar-refractivity contribution < 1.29 is 9.47 Å². The van der Waals surface area contributed by atoms with Crippen molar-refractivity contribution >= 4 is 5.69 Å². The zero-order chi connectivity index (χ0) is 13.8. The maximum absolute atomic E-state index is 5.97. The molecule has 19 heavy (non-hydrogen) atoms. The topological polar surface area (TPSA) is 57.4 Å². The number of nitrogens with zero attached hydrogens (tertiary/aromatic N) is 1. The first-order chi connectivity index (χ1) is 9.10. The van der Waals surface area contributed by atoms with Crippen LogP contribution >= 0.6 is 0 Å². The predicted octanol–water partition coefficient (Wildman–Crippen LogP) is 2.87. The third-order valence-electron chi connectivity index (χ3n) is 2.80. The quantitative estimate of drug-likeness (QED) is 0.857. The minimum atomic E-state index is 0.366. The molecule has 0 radical (unpaired) electrons. The van der Waals surface area contributed by atoms with Gasteiger partial charge in [-0.1, -0.05) is 12.1 Å². The van der Waals surface area contributed by atoms with Gasteiger partial charge >= 0.3 is 0 Å². The molecule has 4 heteroatoms. The van der Waals surface area contributed by atoms with Crippen molar-refractivity contribution in [2.75, 3.05) is 12.8 Å². The van der Waals surface area contributed by atoms with E-state index in [0.717, 1.165) is 22.6 Å². The third-order valence-corrected chi connectivity index (χ3v) is 2.80. The molecule has 0 saturated heterocycles. The highest BCUT2D eigenvalue weighted by Crippen LogP contribution is 2.28. The van der Waals surface area contributed by atoms with E-state index >= 15 is 0 Å². The molecule has 2 aromatic rings. The van der Waals surface area contributed by atoms with Gasteiger partial charge in [-0.25, -0.2) is 4.98 Å². The first-order valence-electron chi connectivity index (χ1n) is 6.09. The van der Waals surface area contributed by atoms with Crippen LogP contribution in [0.4, 0.5) is 5.69 Å². The monoisotopic (exact) mass is 258 g/mol. The summed E-state index contributed by atoms with van der Waals surface area (Å²) in [6.45, 7) is 4.36. The molecule has 0 aliphatic rings. The summed E-state index contributed by atoms with van der Waals surface area (Å²) in [4.78, 5) is 4.30. The SMILES string of the molecule is COc1cccc(COc2c(C)cc(C)cc2N)n1. The molecular weight excluding hydrogens is 240 g/mol. The summed E-state index contributed by atoms with van der Waals surface area (Å²) in [5, 5.41) is 0. The minimum absolute atomic E-state index is 0.366. The molecule has 0 amide bonds. The highest BCUT2D eigenvalue weighted by molar-refractivity contribution is 5.58. The Balaban J connectivity index is 2.14. The Morgan fingerprint density at radius 2 is 2.00 bits per heavy atom. The number of hydrogen-bond acceptors (Lipinski definition) is 4. The number of ether oxygens (including phenoxy) is 2. The lowest BCUT2D eigenvalue weighted by atomic mass is 10.1. The molecule has 0 atom stereocenters. The Labute approximate surface area is 113 Å². The molecule has 0 saturated carbocycles. The maximum Gasteiger partial charge on any atom is 0.213 e. The molecule has 0 unspecified atom stereocenters. The van der Waals surface area contributed by atoms with E-state index in [0.29, 0.717) is 18.2 Å². The van der Waals surface area contributed by atoms with Crippen molar-refractivity contribution in [3.63, 3.8) is 0 Å². The van der Waals surface area contributed by atoms with Crippen LogP contribution in [0.3, 0.4) is 0 Å². The lowest BCUT2D eigenvalue weighted by Crippen LogP contribution is -2.03. The molecule has 4 nitrogen and oxygen atoms in total. The molecule has 100 valence electrons. The Hall–Kier alpha value is -2.23. The number of benzene rings is 1. The number of rotatable bonds is 4. The van der Waals surface area contributed by atoms with Crippen LogP contribution in [0.1, 0.15) is 16.8 Å². The largest absolute Gasteiger partial charge is 0.485 e. The number of nitrogens with two attached hydrogens (primary N) is 1. The summed E-state index contributed by atoms with van der Waals surface area (Å²) < 4.78 is 10.8. The second kappa shape index (κ2) is 5.61. The minimum Gasteiger partial charge on any atom is -0.485 e. The fraction of sp³-hybridized carbons (Fsp3) is 0.267. The molecule has 1 aromatic carbocycles. The van der Waals surface area contributed by atoms with E-state index < -0.39 is 0 Å². The van der Waals surface area contributed by atoms with Crippen LogP contribution in [0.25, 0.3) is 0 Å². The third kappa shape index (κ3) is 3.16. The van der Waals surface area contributed by atoms with Gasteiger partial charge < -0.3 is 15.2 Å². The fourth-order valence-electron chi connectivity index (χ4n) is 1.98. The van der Waals surface area contributed by atoms with Crippen molar-refractivity contribution in [2.24, 2.45) is 0 Å². The summed E-state index contributed by atoms with van der Waals surface area (Å²) in [5.74, 6) is 1.30. The number of anilines is 1. The van der Waals surface area contributed by atoms with Crippen molar-refractivity contribution in [1.82, 2.24) is 4.98 Å². The van der Waals surface area contributed by atoms with Crippen LogP contribution in [0.5, 0.6) is 11.6 Å². The van der Waals surface area contributed by atoms with E-state index in [-0.39, 0.29) is 0 Å². The van der Waals surface area contributed by atoms with Gasteiger partial charge in [-0.3, -0.25) is 0 Å². The fourth-order valence-corrected chi connectivity index (χ4v) is 1.98. The summed E-state index contributed by atoms with van der Waals surface area (Å²) in [6.07, 6.45) is 0. The van der Waals surface area contributed by atoms with E-state index in [1.807, 2.05) is 38.1 Å². The normalized spacial score (nSPS) is 10.3. The molecule has 0 bridgehead atoms. The van der Waals surface area contributed by atoms with Crippen LogP contribution in [0.15, 0.2) is 30.3 Å². The average molecular weight is 258 g/mol. The van der Waals surface area contributed by atoms with Crippen LogP contribution < -0.4 is 15.2 Å². The van der Waals surface area contributed by atoms with E-state index in [1.165, 1.54) is 0 Å². The van der Waals surface area contributed by atoms with Crippen LogP contribution in [-0.2, 0) is 6.61 Å². The molecule has 2 N–H and O–H groups in total. The van der Waals surface area contributed by atoms with E-state index in [4.69, 9.17) is 15.2 Å². The number of pyridine rings is 1. The van der Waals surface area contributed by atoms with Gasteiger partial charge in [0.15, 0.2) is 0 Å². The predicted molar refractivity (Wildman–Crippen MR) is 75.4 cm³/mol. The number of hydrogen-bond donors (Lipinski definition) is 1. The number of aromatic nitrogens is 1. The second-order valence-corrected chi connectivity index (χ2v) is 4.46. The molecular formula is C15H18N2O2. The molecule has 2 rings (SSSR count).